The molecule has 0 aliphatic carbocycles. The number of aromatic nitrogens is 2. The summed E-state index contributed by atoms with van der Waals surface area (Å²) in [5.74, 6) is 1.21. The van der Waals surface area contributed by atoms with Gasteiger partial charge >= 0.3 is 0 Å². The van der Waals surface area contributed by atoms with E-state index >= 15 is 0 Å². The first-order valence-electron chi connectivity index (χ1n) is 8.70. The van der Waals surface area contributed by atoms with Crippen molar-refractivity contribution < 1.29 is 4.74 Å². The lowest BCUT2D eigenvalue weighted by Gasteiger charge is -2.16. The fourth-order valence-corrected chi connectivity index (χ4v) is 4.29. The van der Waals surface area contributed by atoms with Gasteiger partial charge in [0.1, 0.15) is 5.75 Å². The summed E-state index contributed by atoms with van der Waals surface area (Å²) in [6.07, 6.45) is 0. The fraction of sp³-hybridized carbons (Fsp3) is 0.0909. The Balaban J connectivity index is 1.89. The van der Waals surface area contributed by atoms with Gasteiger partial charge in [-0.25, -0.2) is 4.98 Å². The van der Waals surface area contributed by atoms with Crippen molar-refractivity contribution in [1.29, 1.82) is 0 Å². The number of hydrogen-bond donors (Lipinski definition) is 0. The third-order valence-electron chi connectivity index (χ3n) is 4.39. The molecule has 4 aromatic rings. The van der Waals surface area contributed by atoms with E-state index in [1.165, 1.54) is 11.8 Å². The summed E-state index contributed by atoms with van der Waals surface area (Å²) < 4.78 is 7.10. The Bertz CT molecular complexity index is 1210. The number of thioether (sulfide) groups is 1. The summed E-state index contributed by atoms with van der Waals surface area (Å²) >= 11 is 7.77. The third-order valence-corrected chi connectivity index (χ3v) is 5.74. The molecule has 0 radical (unpaired) electrons. The highest BCUT2D eigenvalue weighted by Gasteiger charge is 2.16. The first-order chi connectivity index (χ1) is 13.7. The predicted octanol–water partition coefficient (Wildman–Crippen LogP) is 5.34. The molecule has 0 fully saturated rings. The number of benzene rings is 3. The molecule has 0 spiro atoms. The minimum absolute atomic E-state index is 0.128. The van der Waals surface area contributed by atoms with Crippen LogP contribution in [0.15, 0.2) is 82.7 Å². The van der Waals surface area contributed by atoms with Crippen LogP contribution in [0.1, 0.15) is 5.56 Å². The van der Waals surface area contributed by atoms with Crippen LogP contribution in [0.25, 0.3) is 16.6 Å². The Morgan fingerprint density at radius 3 is 2.54 bits per heavy atom. The maximum Gasteiger partial charge on any atom is 0.266 e. The summed E-state index contributed by atoms with van der Waals surface area (Å²) in [4.78, 5) is 18.1. The van der Waals surface area contributed by atoms with Crippen LogP contribution in [0.2, 0.25) is 5.02 Å². The van der Waals surface area contributed by atoms with Gasteiger partial charge in [0.25, 0.3) is 5.56 Å². The average molecular weight is 409 g/mol. The second-order valence-corrected chi connectivity index (χ2v) is 7.45. The molecule has 0 atom stereocenters. The maximum absolute atomic E-state index is 13.3. The van der Waals surface area contributed by atoms with Crippen molar-refractivity contribution in [2.45, 2.75) is 10.9 Å². The van der Waals surface area contributed by atoms with Crippen LogP contribution in [0.3, 0.4) is 0 Å². The van der Waals surface area contributed by atoms with Crippen molar-refractivity contribution in [1.82, 2.24) is 9.55 Å². The highest BCUT2D eigenvalue weighted by atomic mass is 35.5. The maximum atomic E-state index is 13.3. The van der Waals surface area contributed by atoms with E-state index in [4.69, 9.17) is 21.3 Å². The van der Waals surface area contributed by atoms with Crippen LogP contribution >= 0.6 is 23.4 Å². The van der Waals surface area contributed by atoms with Crippen LogP contribution in [0, 0.1) is 0 Å². The summed E-state index contributed by atoms with van der Waals surface area (Å²) in [6, 6.07) is 22.5. The van der Waals surface area contributed by atoms with Gasteiger partial charge < -0.3 is 4.74 Å². The predicted molar refractivity (Wildman–Crippen MR) is 115 cm³/mol. The molecular formula is C22H17ClN2O2S. The number of nitrogens with zero attached hydrogens (tertiary/aromatic N) is 2. The summed E-state index contributed by atoms with van der Waals surface area (Å²) in [5.41, 5.74) is 2.19. The SMILES string of the molecule is COc1ccccc1-n1c(SCc2ccccc2Cl)nc2ccccc2c1=O. The first kappa shape index (κ1) is 18.6. The second kappa shape index (κ2) is 8.09. The Morgan fingerprint density at radius 1 is 1.00 bits per heavy atom. The fourth-order valence-electron chi connectivity index (χ4n) is 2.99. The van der Waals surface area contributed by atoms with Crippen molar-refractivity contribution in [3.8, 4) is 11.4 Å². The highest BCUT2D eigenvalue weighted by Crippen LogP contribution is 2.30. The minimum atomic E-state index is -0.128. The van der Waals surface area contributed by atoms with Gasteiger partial charge in [-0.2, -0.15) is 0 Å². The lowest BCUT2D eigenvalue weighted by atomic mass is 10.2. The topological polar surface area (TPSA) is 44.1 Å². The number of halogens is 1. The van der Waals surface area contributed by atoms with Gasteiger partial charge in [-0.15, -0.1) is 0 Å². The molecule has 6 heteroatoms. The molecule has 28 heavy (non-hydrogen) atoms. The lowest BCUT2D eigenvalue weighted by molar-refractivity contribution is 0.411. The van der Waals surface area contributed by atoms with Gasteiger partial charge in [0, 0.05) is 10.8 Å². The standard InChI is InChI=1S/C22H17ClN2O2S/c1-27-20-13-7-6-12-19(20)25-21(26)16-9-3-5-11-18(16)24-22(25)28-14-15-8-2-4-10-17(15)23/h2-13H,14H2,1H3. The molecule has 0 aliphatic rings. The van der Waals surface area contributed by atoms with E-state index in [0.29, 0.717) is 38.3 Å². The summed E-state index contributed by atoms with van der Waals surface area (Å²) in [5, 5.41) is 1.85. The normalized spacial score (nSPS) is 10.9. The molecule has 4 rings (SSSR count). The van der Waals surface area contributed by atoms with Crippen LogP contribution < -0.4 is 10.3 Å². The average Bonchev–Trinajstić information content (AvgIpc) is 2.73. The zero-order valence-electron chi connectivity index (χ0n) is 15.1. The number of para-hydroxylation sites is 3. The molecule has 1 heterocycles. The van der Waals surface area contributed by atoms with Crippen LogP contribution in [-0.2, 0) is 5.75 Å². The number of ether oxygens (including phenoxy) is 1. The molecule has 0 saturated heterocycles. The van der Waals surface area contributed by atoms with Gasteiger partial charge in [-0.05, 0) is 35.9 Å². The second-order valence-electron chi connectivity index (χ2n) is 6.10. The minimum Gasteiger partial charge on any atom is -0.495 e. The van der Waals surface area contributed by atoms with Gasteiger partial charge in [0.2, 0.25) is 0 Å². The molecule has 0 aliphatic heterocycles. The molecule has 0 N–H and O–H groups in total. The smallest absolute Gasteiger partial charge is 0.266 e. The third kappa shape index (κ3) is 3.51. The Labute approximate surface area is 171 Å². The molecule has 4 nitrogen and oxygen atoms in total. The van der Waals surface area contributed by atoms with E-state index in [0.717, 1.165) is 5.56 Å². The molecule has 0 saturated carbocycles. The summed E-state index contributed by atoms with van der Waals surface area (Å²) in [6.45, 7) is 0. The number of fused-ring (bicyclic) bond motifs is 1. The van der Waals surface area contributed by atoms with Crippen molar-refractivity contribution >= 4 is 34.3 Å². The molecule has 1 aromatic heterocycles. The molecule has 3 aromatic carbocycles. The Kier molecular flexibility index (Phi) is 5.37. The van der Waals surface area contributed by atoms with E-state index in [1.54, 1.807) is 17.7 Å². The molecule has 140 valence electrons. The number of hydrogen-bond acceptors (Lipinski definition) is 4. The zero-order valence-corrected chi connectivity index (χ0v) is 16.7. The van der Waals surface area contributed by atoms with E-state index in [-0.39, 0.29) is 5.56 Å². The van der Waals surface area contributed by atoms with E-state index in [1.807, 2.05) is 66.7 Å². The molecule has 0 amide bonds. The van der Waals surface area contributed by atoms with Gasteiger partial charge in [-0.3, -0.25) is 9.36 Å². The quantitative estimate of drug-likeness (QED) is 0.330. The zero-order chi connectivity index (χ0) is 19.5. The Morgan fingerprint density at radius 2 is 1.71 bits per heavy atom. The molecule has 0 unspecified atom stereocenters. The van der Waals surface area contributed by atoms with Crippen LogP contribution in [-0.4, -0.2) is 16.7 Å². The lowest BCUT2D eigenvalue weighted by Crippen LogP contribution is -2.22. The van der Waals surface area contributed by atoms with Crippen molar-refractivity contribution in [3.05, 3.63) is 93.7 Å². The largest absolute Gasteiger partial charge is 0.495 e. The number of methoxy groups -OCH3 is 1. The highest BCUT2D eigenvalue weighted by molar-refractivity contribution is 7.98. The van der Waals surface area contributed by atoms with Crippen molar-refractivity contribution in [2.24, 2.45) is 0 Å². The van der Waals surface area contributed by atoms with Crippen LogP contribution in [0.4, 0.5) is 0 Å². The van der Waals surface area contributed by atoms with Crippen molar-refractivity contribution in [2.75, 3.05) is 7.11 Å². The molecule has 0 bridgehead atoms. The molecular weight excluding hydrogens is 392 g/mol. The van der Waals surface area contributed by atoms with Gasteiger partial charge in [-0.1, -0.05) is 65.8 Å². The van der Waals surface area contributed by atoms with Crippen LogP contribution in [0.5, 0.6) is 5.75 Å². The summed E-state index contributed by atoms with van der Waals surface area (Å²) in [7, 11) is 1.59. The van der Waals surface area contributed by atoms with Crippen molar-refractivity contribution in [3.63, 3.8) is 0 Å². The first-order valence-corrected chi connectivity index (χ1v) is 10.1. The van der Waals surface area contributed by atoms with E-state index < -0.39 is 0 Å². The van der Waals surface area contributed by atoms with E-state index in [2.05, 4.69) is 0 Å². The van der Waals surface area contributed by atoms with Gasteiger partial charge in [0.05, 0.1) is 23.7 Å². The monoisotopic (exact) mass is 408 g/mol. The number of rotatable bonds is 5. The van der Waals surface area contributed by atoms with Gasteiger partial charge in [0.15, 0.2) is 5.16 Å². The Hall–Kier alpha value is -2.76. The van der Waals surface area contributed by atoms with E-state index in [9.17, 15) is 4.79 Å².